The van der Waals surface area contributed by atoms with Crippen LogP contribution in [0.15, 0.2) is 12.2 Å². The zero-order chi connectivity index (χ0) is 20.2. The predicted molar refractivity (Wildman–Crippen MR) is 115 cm³/mol. The molecule has 0 radical (unpaired) electrons. The van der Waals surface area contributed by atoms with E-state index >= 15 is 0 Å². The van der Waals surface area contributed by atoms with E-state index in [9.17, 15) is 9.90 Å². The molecule has 1 atom stereocenters. The SMILES string of the molecule is CCCCCCCC/C=C\CCCCCCCC(=O)OCC(O)CN(C)C. The molecule has 0 saturated carbocycles. The van der Waals surface area contributed by atoms with E-state index in [1.165, 1.54) is 70.6 Å². The maximum atomic E-state index is 11.6. The minimum Gasteiger partial charge on any atom is -0.463 e. The van der Waals surface area contributed by atoms with Crippen molar-refractivity contribution in [2.45, 2.75) is 103 Å². The van der Waals surface area contributed by atoms with Crippen LogP contribution in [0.25, 0.3) is 0 Å². The van der Waals surface area contributed by atoms with Crippen LogP contribution in [-0.4, -0.2) is 49.3 Å². The number of allylic oxidation sites excluding steroid dienone is 2. The number of unbranched alkanes of at least 4 members (excludes halogenated alkanes) is 11. The zero-order valence-corrected chi connectivity index (χ0v) is 18.3. The van der Waals surface area contributed by atoms with Crippen LogP contribution < -0.4 is 0 Å². The Labute approximate surface area is 168 Å². The molecule has 0 aliphatic carbocycles. The lowest BCUT2D eigenvalue weighted by Gasteiger charge is -2.15. The minimum atomic E-state index is -0.599. The third-order valence-electron chi connectivity index (χ3n) is 4.66. The van der Waals surface area contributed by atoms with E-state index < -0.39 is 6.10 Å². The molecule has 0 aromatic heterocycles. The van der Waals surface area contributed by atoms with E-state index in [0.29, 0.717) is 13.0 Å². The van der Waals surface area contributed by atoms with Gasteiger partial charge in [-0.1, -0.05) is 70.4 Å². The van der Waals surface area contributed by atoms with Crippen LogP contribution in [0.5, 0.6) is 0 Å². The van der Waals surface area contributed by atoms with Crippen LogP contribution in [-0.2, 0) is 9.53 Å². The first kappa shape index (κ1) is 26.1. The van der Waals surface area contributed by atoms with Gasteiger partial charge in [0.05, 0.1) is 0 Å². The monoisotopic (exact) mass is 383 g/mol. The number of hydrogen-bond acceptors (Lipinski definition) is 4. The van der Waals surface area contributed by atoms with Gasteiger partial charge in [-0.2, -0.15) is 0 Å². The molecule has 0 aliphatic heterocycles. The summed E-state index contributed by atoms with van der Waals surface area (Å²) in [7, 11) is 3.77. The lowest BCUT2D eigenvalue weighted by Crippen LogP contribution is -2.30. The first-order valence-corrected chi connectivity index (χ1v) is 11.2. The highest BCUT2D eigenvalue weighted by atomic mass is 16.5. The van der Waals surface area contributed by atoms with Crippen molar-refractivity contribution in [3.8, 4) is 0 Å². The lowest BCUT2D eigenvalue weighted by atomic mass is 10.1. The fourth-order valence-corrected chi connectivity index (χ4v) is 3.08. The Balaban J connectivity index is 3.30. The van der Waals surface area contributed by atoms with Crippen molar-refractivity contribution < 1.29 is 14.6 Å². The maximum absolute atomic E-state index is 11.6. The molecule has 0 rings (SSSR count). The summed E-state index contributed by atoms with van der Waals surface area (Å²) in [4.78, 5) is 13.5. The van der Waals surface area contributed by atoms with Crippen LogP contribution in [0.4, 0.5) is 0 Å². The number of likely N-dealkylation sites (N-methyl/N-ethyl adjacent to an activating group) is 1. The Morgan fingerprint density at radius 1 is 0.889 bits per heavy atom. The van der Waals surface area contributed by atoms with Gasteiger partial charge >= 0.3 is 5.97 Å². The molecule has 0 fully saturated rings. The van der Waals surface area contributed by atoms with Crippen LogP contribution in [0.1, 0.15) is 96.8 Å². The third-order valence-corrected chi connectivity index (χ3v) is 4.66. The summed E-state index contributed by atoms with van der Waals surface area (Å²) < 4.78 is 5.10. The average molecular weight is 384 g/mol. The summed E-state index contributed by atoms with van der Waals surface area (Å²) in [5.74, 6) is -0.189. The van der Waals surface area contributed by atoms with Crippen LogP contribution >= 0.6 is 0 Å². The molecule has 1 unspecified atom stereocenters. The number of nitrogens with zero attached hydrogens (tertiary/aromatic N) is 1. The molecule has 0 amide bonds. The molecule has 0 spiro atoms. The Morgan fingerprint density at radius 2 is 1.41 bits per heavy atom. The molecule has 4 heteroatoms. The number of aliphatic hydroxyl groups is 1. The third kappa shape index (κ3) is 21.3. The van der Waals surface area contributed by atoms with Gasteiger partial charge in [-0.25, -0.2) is 0 Å². The molecule has 1 N–H and O–H groups in total. The number of hydrogen-bond donors (Lipinski definition) is 1. The highest BCUT2D eigenvalue weighted by molar-refractivity contribution is 5.69. The van der Waals surface area contributed by atoms with Crippen molar-refractivity contribution in [2.24, 2.45) is 0 Å². The Hall–Kier alpha value is -0.870. The molecular weight excluding hydrogens is 338 g/mol. The van der Waals surface area contributed by atoms with Crippen LogP contribution in [0.2, 0.25) is 0 Å². The number of carbonyl (C=O) groups excluding carboxylic acids is 1. The fourth-order valence-electron chi connectivity index (χ4n) is 3.08. The summed E-state index contributed by atoms with van der Waals surface area (Å²) >= 11 is 0. The van der Waals surface area contributed by atoms with Crippen molar-refractivity contribution in [2.75, 3.05) is 27.2 Å². The summed E-state index contributed by atoms with van der Waals surface area (Å²) in [6.45, 7) is 2.88. The lowest BCUT2D eigenvalue weighted by molar-refractivity contribution is -0.147. The van der Waals surface area contributed by atoms with Crippen molar-refractivity contribution in [1.29, 1.82) is 0 Å². The van der Waals surface area contributed by atoms with E-state index in [1.807, 2.05) is 19.0 Å². The second kappa shape index (κ2) is 19.9. The molecule has 0 aromatic rings. The highest BCUT2D eigenvalue weighted by Crippen LogP contribution is 2.10. The second-order valence-electron chi connectivity index (χ2n) is 7.93. The number of ether oxygens (including phenoxy) is 1. The van der Waals surface area contributed by atoms with E-state index in [0.717, 1.165) is 12.8 Å². The molecule has 4 nitrogen and oxygen atoms in total. The first-order chi connectivity index (χ1) is 13.1. The van der Waals surface area contributed by atoms with Crippen LogP contribution in [0.3, 0.4) is 0 Å². The van der Waals surface area contributed by atoms with Crippen molar-refractivity contribution >= 4 is 5.97 Å². The summed E-state index contributed by atoms with van der Waals surface area (Å²) in [5, 5.41) is 9.65. The molecule has 0 saturated heterocycles. The number of carbonyl (C=O) groups is 1. The van der Waals surface area contributed by atoms with Crippen molar-refractivity contribution in [3.05, 3.63) is 12.2 Å². The Bertz CT molecular complexity index is 356. The van der Waals surface area contributed by atoms with E-state index in [1.54, 1.807) is 0 Å². The largest absolute Gasteiger partial charge is 0.463 e. The van der Waals surface area contributed by atoms with E-state index in [-0.39, 0.29) is 12.6 Å². The van der Waals surface area contributed by atoms with Gasteiger partial charge in [-0.15, -0.1) is 0 Å². The number of rotatable bonds is 19. The minimum absolute atomic E-state index is 0.0993. The Kier molecular flexibility index (Phi) is 19.2. The fraction of sp³-hybridized carbons (Fsp3) is 0.870. The zero-order valence-electron chi connectivity index (χ0n) is 18.3. The maximum Gasteiger partial charge on any atom is 0.305 e. The van der Waals surface area contributed by atoms with Gasteiger partial charge in [0, 0.05) is 13.0 Å². The standard InChI is InChI=1S/C23H45NO3/c1-4-5-6-7-8-9-10-11-12-13-14-15-16-17-18-19-23(26)27-21-22(25)20-24(2)3/h11-12,22,25H,4-10,13-21H2,1-3H3/b12-11-. The molecule has 0 aliphatic rings. The average Bonchev–Trinajstić information content (AvgIpc) is 2.62. The summed E-state index contributed by atoms with van der Waals surface area (Å²) in [6.07, 6.45) is 20.8. The van der Waals surface area contributed by atoms with Gasteiger partial charge in [0.1, 0.15) is 12.7 Å². The van der Waals surface area contributed by atoms with Crippen molar-refractivity contribution in [1.82, 2.24) is 4.90 Å². The van der Waals surface area contributed by atoms with Gasteiger partial charge in [0.15, 0.2) is 0 Å². The number of aliphatic hydroxyl groups excluding tert-OH is 1. The van der Waals surface area contributed by atoms with Gasteiger partial charge < -0.3 is 14.7 Å². The van der Waals surface area contributed by atoms with Crippen LogP contribution in [0, 0.1) is 0 Å². The second-order valence-corrected chi connectivity index (χ2v) is 7.93. The predicted octanol–water partition coefficient (Wildman–Crippen LogP) is 5.49. The molecule has 160 valence electrons. The molecule has 0 aromatic carbocycles. The van der Waals surface area contributed by atoms with Gasteiger partial charge in [0.2, 0.25) is 0 Å². The van der Waals surface area contributed by atoms with Gasteiger partial charge in [-0.05, 0) is 46.2 Å². The normalized spacial score (nSPS) is 12.8. The van der Waals surface area contributed by atoms with E-state index in [2.05, 4.69) is 19.1 Å². The summed E-state index contributed by atoms with van der Waals surface area (Å²) in [5.41, 5.74) is 0. The molecular formula is C23H45NO3. The highest BCUT2D eigenvalue weighted by Gasteiger charge is 2.09. The topological polar surface area (TPSA) is 49.8 Å². The molecule has 0 bridgehead atoms. The Morgan fingerprint density at radius 3 is 1.96 bits per heavy atom. The van der Waals surface area contributed by atoms with E-state index in [4.69, 9.17) is 4.74 Å². The quantitative estimate of drug-likeness (QED) is 0.182. The first-order valence-electron chi connectivity index (χ1n) is 11.2. The molecule has 0 heterocycles. The van der Waals surface area contributed by atoms with Crippen molar-refractivity contribution in [3.63, 3.8) is 0 Å². The smallest absolute Gasteiger partial charge is 0.305 e. The number of esters is 1. The van der Waals surface area contributed by atoms with Gasteiger partial charge in [0.25, 0.3) is 0 Å². The molecule has 27 heavy (non-hydrogen) atoms. The van der Waals surface area contributed by atoms with Gasteiger partial charge in [-0.3, -0.25) is 4.79 Å². The summed E-state index contributed by atoms with van der Waals surface area (Å²) in [6, 6.07) is 0.